The fourth-order valence-corrected chi connectivity index (χ4v) is 2.53. The lowest BCUT2D eigenvalue weighted by Gasteiger charge is -2.25. The second-order valence-corrected chi connectivity index (χ2v) is 4.84. The van der Waals surface area contributed by atoms with E-state index in [9.17, 15) is 4.79 Å². The molecular formula is C14H21N3O. The minimum atomic E-state index is -0.224. The Morgan fingerprint density at radius 3 is 2.78 bits per heavy atom. The van der Waals surface area contributed by atoms with Crippen molar-refractivity contribution < 1.29 is 4.79 Å². The highest BCUT2D eigenvalue weighted by Crippen LogP contribution is 2.20. The first kappa shape index (κ1) is 13.1. The number of benzene rings is 1. The van der Waals surface area contributed by atoms with E-state index in [1.165, 1.54) is 0 Å². The van der Waals surface area contributed by atoms with Gasteiger partial charge in [-0.2, -0.15) is 0 Å². The van der Waals surface area contributed by atoms with Crippen LogP contribution in [0.3, 0.4) is 0 Å². The molecule has 4 heteroatoms. The molecule has 1 amide bonds. The molecule has 1 heterocycles. The first-order valence-electron chi connectivity index (χ1n) is 6.52. The van der Waals surface area contributed by atoms with Crippen LogP contribution in [-0.4, -0.2) is 29.9 Å². The molecule has 4 N–H and O–H groups in total. The summed E-state index contributed by atoms with van der Waals surface area (Å²) in [4.78, 5) is 14.1. The largest absolute Gasteiger partial charge is 0.338 e. The highest BCUT2D eigenvalue weighted by Gasteiger charge is 2.28. The summed E-state index contributed by atoms with van der Waals surface area (Å²) in [6, 6.07) is 9.74. The van der Waals surface area contributed by atoms with Gasteiger partial charge in [-0.1, -0.05) is 30.3 Å². The van der Waals surface area contributed by atoms with E-state index in [0.717, 1.165) is 24.9 Å². The van der Waals surface area contributed by atoms with Crippen molar-refractivity contribution in [1.82, 2.24) is 4.90 Å². The molecule has 0 saturated carbocycles. The van der Waals surface area contributed by atoms with Gasteiger partial charge in [0.25, 0.3) is 0 Å². The Balaban J connectivity index is 1.95. The summed E-state index contributed by atoms with van der Waals surface area (Å²) in [7, 11) is 0. The van der Waals surface area contributed by atoms with Crippen LogP contribution in [0.4, 0.5) is 0 Å². The van der Waals surface area contributed by atoms with Crippen LogP contribution in [0.25, 0.3) is 0 Å². The molecule has 0 aliphatic carbocycles. The first-order chi connectivity index (χ1) is 8.72. The number of carbonyl (C=O) groups excluding carboxylic acids is 1. The number of carbonyl (C=O) groups is 1. The normalized spacial score (nSPS) is 21.0. The fraction of sp³-hybridized carbons (Fsp3) is 0.500. The quantitative estimate of drug-likeness (QED) is 0.834. The molecule has 2 rings (SSSR count). The summed E-state index contributed by atoms with van der Waals surface area (Å²) in [6.45, 7) is 1.37. The summed E-state index contributed by atoms with van der Waals surface area (Å²) in [5.74, 6) is 0.124. The molecule has 0 spiro atoms. The van der Waals surface area contributed by atoms with Gasteiger partial charge in [0.2, 0.25) is 5.91 Å². The van der Waals surface area contributed by atoms with Crippen LogP contribution < -0.4 is 11.5 Å². The Kier molecular flexibility index (Phi) is 4.33. The molecular weight excluding hydrogens is 226 g/mol. The van der Waals surface area contributed by atoms with Gasteiger partial charge < -0.3 is 16.4 Å². The summed E-state index contributed by atoms with van der Waals surface area (Å²) in [5, 5.41) is 0. The third-order valence-electron chi connectivity index (χ3n) is 3.59. The molecule has 1 aromatic rings. The molecule has 0 bridgehead atoms. The molecule has 1 aliphatic rings. The predicted octanol–water partition coefficient (Wildman–Crippen LogP) is 1.03. The highest BCUT2D eigenvalue weighted by atomic mass is 16.2. The van der Waals surface area contributed by atoms with Crippen molar-refractivity contribution in [2.45, 2.75) is 31.3 Å². The maximum atomic E-state index is 12.2. The number of rotatable bonds is 4. The van der Waals surface area contributed by atoms with E-state index in [1.54, 1.807) is 0 Å². The summed E-state index contributed by atoms with van der Waals surface area (Å²) in [6.07, 6.45) is 2.43. The molecule has 98 valence electrons. The minimum Gasteiger partial charge on any atom is -0.338 e. The van der Waals surface area contributed by atoms with E-state index in [1.807, 2.05) is 35.2 Å². The minimum absolute atomic E-state index is 0.124. The standard InChI is InChI=1S/C14H21N3O/c15-10-12-7-4-8-17(12)14(18)9-13(16)11-5-2-1-3-6-11/h1-3,5-6,12-13H,4,7-10,15-16H2/t12-,13+/m1/s1. The molecule has 0 radical (unpaired) electrons. The molecule has 2 atom stereocenters. The van der Waals surface area contributed by atoms with Crippen LogP contribution in [0, 0.1) is 0 Å². The third-order valence-corrected chi connectivity index (χ3v) is 3.59. The van der Waals surface area contributed by atoms with Crippen molar-refractivity contribution >= 4 is 5.91 Å². The molecule has 18 heavy (non-hydrogen) atoms. The number of hydrogen-bond acceptors (Lipinski definition) is 3. The lowest BCUT2D eigenvalue weighted by Crippen LogP contribution is -2.41. The second-order valence-electron chi connectivity index (χ2n) is 4.84. The highest BCUT2D eigenvalue weighted by molar-refractivity contribution is 5.77. The molecule has 1 fully saturated rings. The fourth-order valence-electron chi connectivity index (χ4n) is 2.53. The summed E-state index contributed by atoms with van der Waals surface area (Å²) >= 11 is 0. The number of nitrogens with zero attached hydrogens (tertiary/aromatic N) is 1. The smallest absolute Gasteiger partial charge is 0.224 e. The van der Waals surface area contributed by atoms with Gasteiger partial charge in [0, 0.05) is 31.6 Å². The maximum Gasteiger partial charge on any atom is 0.224 e. The molecule has 1 aromatic carbocycles. The zero-order valence-electron chi connectivity index (χ0n) is 10.6. The van der Waals surface area contributed by atoms with E-state index in [-0.39, 0.29) is 18.0 Å². The Labute approximate surface area is 108 Å². The Hall–Kier alpha value is -1.39. The zero-order valence-corrected chi connectivity index (χ0v) is 10.6. The van der Waals surface area contributed by atoms with Gasteiger partial charge in [-0.25, -0.2) is 0 Å². The van der Waals surface area contributed by atoms with Crippen LogP contribution >= 0.6 is 0 Å². The van der Waals surface area contributed by atoms with E-state index < -0.39 is 0 Å². The Bertz CT molecular complexity index is 393. The predicted molar refractivity (Wildman–Crippen MR) is 71.8 cm³/mol. The van der Waals surface area contributed by atoms with Crippen LogP contribution in [0.15, 0.2) is 30.3 Å². The first-order valence-corrected chi connectivity index (χ1v) is 6.52. The van der Waals surface area contributed by atoms with Crippen molar-refractivity contribution in [3.05, 3.63) is 35.9 Å². The molecule has 1 aliphatic heterocycles. The van der Waals surface area contributed by atoms with Gasteiger partial charge in [-0.05, 0) is 18.4 Å². The topological polar surface area (TPSA) is 72.3 Å². The maximum absolute atomic E-state index is 12.2. The van der Waals surface area contributed by atoms with Crippen LogP contribution in [-0.2, 0) is 4.79 Å². The number of amides is 1. The van der Waals surface area contributed by atoms with Crippen molar-refractivity contribution in [1.29, 1.82) is 0 Å². The van der Waals surface area contributed by atoms with E-state index in [4.69, 9.17) is 11.5 Å². The van der Waals surface area contributed by atoms with Crippen LogP contribution in [0.1, 0.15) is 30.9 Å². The van der Waals surface area contributed by atoms with Gasteiger partial charge in [0.15, 0.2) is 0 Å². The SMILES string of the molecule is NC[C@H]1CCCN1C(=O)C[C@H](N)c1ccccc1. The average molecular weight is 247 g/mol. The van der Waals surface area contributed by atoms with Gasteiger partial charge >= 0.3 is 0 Å². The molecule has 1 saturated heterocycles. The van der Waals surface area contributed by atoms with Crippen molar-refractivity contribution in [3.63, 3.8) is 0 Å². The van der Waals surface area contributed by atoms with Gasteiger partial charge in [0.1, 0.15) is 0 Å². The Morgan fingerprint density at radius 1 is 1.39 bits per heavy atom. The molecule has 4 nitrogen and oxygen atoms in total. The lowest BCUT2D eigenvalue weighted by atomic mass is 10.0. The van der Waals surface area contributed by atoms with E-state index >= 15 is 0 Å². The average Bonchev–Trinajstić information content (AvgIpc) is 2.88. The van der Waals surface area contributed by atoms with E-state index in [2.05, 4.69) is 0 Å². The van der Waals surface area contributed by atoms with Crippen molar-refractivity contribution in [2.75, 3.05) is 13.1 Å². The number of hydrogen-bond donors (Lipinski definition) is 2. The van der Waals surface area contributed by atoms with Crippen LogP contribution in [0.5, 0.6) is 0 Å². The monoisotopic (exact) mass is 247 g/mol. The van der Waals surface area contributed by atoms with E-state index in [0.29, 0.717) is 13.0 Å². The lowest BCUT2D eigenvalue weighted by molar-refractivity contribution is -0.132. The zero-order chi connectivity index (χ0) is 13.0. The number of likely N-dealkylation sites (tertiary alicyclic amines) is 1. The summed E-state index contributed by atoms with van der Waals surface area (Å²) < 4.78 is 0. The molecule has 0 aromatic heterocycles. The van der Waals surface area contributed by atoms with Gasteiger partial charge in [-0.3, -0.25) is 4.79 Å². The van der Waals surface area contributed by atoms with Crippen LogP contribution in [0.2, 0.25) is 0 Å². The summed E-state index contributed by atoms with van der Waals surface area (Å²) in [5.41, 5.74) is 12.8. The molecule has 0 unspecified atom stereocenters. The van der Waals surface area contributed by atoms with Gasteiger partial charge in [-0.15, -0.1) is 0 Å². The number of nitrogens with two attached hydrogens (primary N) is 2. The Morgan fingerprint density at radius 2 is 2.11 bits per heavy atom. The second kappa shape index (κ2) is 5.98. The van der Waals surface area contributed by atoms with Crippen molar-refractivity contribution in [3.8, 4) is 0 Å². The van der Waals surface area contributed by atoms with Crippen molar-refractivity contribution in [2.24, 2.45) is 11.5 Å². The van der Waals surface area contributed by atoms with Gasteiger partial charge in [0.05, 0.1) is 0 Å². The third kappa shape index (κ3) is 2.89.